The van der Waals surface area contributed by atoms with Crippen molar-refractivity contribution in [3.63, 3.8) is 0 Å². The summed E-state index contributed by atoms with van der Waals surface area (Å²) >= 11 is 1.60. The number of thioether (sulfide) groups is 1. The summed E-state index contributed by atoms with van der Waals surface area (Å²) in [5, 5.41) is 11.1. The minimum atomic E-state index is -0.995. The second kappa shape index (κ2) is 4.21. The number of carboxylic acid groups (broad SMARTS) is 1. The Morgan fingerprint density at radius 3 is 2.64 bits per heavy atom. The van der Waals surface area contributed by atoms with Gasteiger partial charge in [-0.05, 0) is 32.4 Å². The van der Waals surface area contributed by atoms with E-state index in [0.29, 0.717) is 0 Å². The number of hydrogen-bond acceptors (Lipinski definition) is 3. The van der Waals surface area contributed by atoms with E-state index < -0.39 is 16.8 Å². The van der Waals surface area contributed by atoms with Crippen LogP contribution in [0.1, 0.15) is 26.7 Å². The molecule has 0 aliphatic carbocycles. The fourth-order valence-corrected chi connectivity index (χ4v) is 2.59. The topological polar surface area (TPSA) is 66.4 Å². The van der Waals surface area contributed by atoms with E-state index in [-0.39, 0.29) is 5.91 Å². The molecule has 0 aromatic rings. The van der Waals surface area contributed by atoms with Crippen LogP contribution in [0.3, 0.4) is 0 Å². The first-order valence-electron chi connectivity index (χ1n) is 4.63. The zero-order chi connectivity index (χ0) is 10.8. The number of nitrogens with one attached hydrogen (secondary N) is 1. The van der Waals surface area contributed by atoms with Crippen molar-refractivity contribution in [2.45, 2.75) is 37.5 Å². The van der Waals surface area contributed by atoms with Gasteiger partial charge in [0.1, 0.15) is 6.04 Å². The van der Waals surface area contributed by atoms with Gasteiger partial charge in [0.15, 0.2) is 0 Å². The van der Waals surface area contributed by atoms with Gasteiger partial charge in [0.05, 0.1) is 4.75 Å². The lowest BCUT2D eigenvalue weighted by Crippen LogP contribution is -2.47. The van der Waals surface area contributed by atoms with Crippen molar-refractivity contribution in [2.24, 2.45) is 0 Å². The van der Waals surface area contributed by atoms with Crippen molar-refractivity contribution in [3.05, 3.63) is 0 Å². The molecular formula is C9H15NO3S. The minimum absolute atomic E-state index is 0.157. The molecule has 0 saturated carbocycles. The zero-order valence-electron chi connectivity index (χ0n) is 8.37. The number of carbonyl (C=O) groups excluding carboxylic acids is 1. The van der Waals surface area contributed by atoms with Gasteiger partial charge in [0, 0.05) is 0 Å². The van der Waals surface area contributed by atoms with Crippen LogP contribution in [0, 0.1) is 0 Å². The van der Waals surface area contributed by atoms with Crippen LogP contribution in [0.25, 0.3) is 0 Å². The monoisotopic (exact) mass is 217 g/mol. The van der Waals surface area contributed by atoms with Gasteiger partial charge in [0.2, 0.25) is 5.91 Å². The van der Waals surface area contributed by atoms with Crippen LogP contribution in [-0.4, -0.2) is 33.5 Å². The summed E-state index contributed by atoms with van der Waals surface area (Å²) in [4.78, 5) is 22.2. The molecule has 14 heavy (non-hydrogen) atoms. The third kappa shape index (κ3) is 2.41. The van der Waals surface area contributed by atoms with E-state index in [9.17, 15) is 9.59 Å². The third-order valence-electron chi connectivity index (χ3n) is 2.42. The minimum Gasteiger partial charge on any atom is -0.480 e. The Morgan fingerprint density at radius 2 is 2.21 bits per heavy atom. The Morgan fingerprint density at radius 1 is 1.57 bits per heavy atom. The van der Waals surface area contributed by atoms with Gasteiger partial charge in [-0.15, -0.1) is 11.8 Å². The Hall–Kier alpha value is -0.710. The molecule has 2 atom stereocenters. The summed E-state index contributed by atoms with van der Waals surface area (Å²) in [7, 11) is 0. The van der Waals surface area contributed by atoms with E-state index in [1.807, 2.05) is 6.92 Å². The molecule has 1 rings (SSSR count). The van der Waals surface area contributed by atoms with E-state index in [1.165, 1.54) is 6.92 Å². The second-order valence-electron chi connectivity index (χ2n) is 3.72. The fraction of sp³-hybridized carbons (Fsp3) is 0.778. The summed E-state index contributed by atoms with van der Waals surface area (Å²) < 4.78 is -0.427. The molecule has 4 nitrogen and oxygen atoms in total. The summed E-state index contributed by atoms with van der Waals surface area (Å²) in [6, 6.07) is -0.805. The highest BCUT2D eigenvalue weighted by Gasteiger charge is 2.38. The zero-order valence-corrected chi connectivity index (χ0v) is 9.19. The lowest BCUT2D eigenvalue weighted by atomic mass is 10.0. The molecule has 0 bridgehead atoms. The highest BCUT2D eigenvalue weighted by atomic mass is 32.2. The van der Waals surface area contributed by atoms with Gasteiger partial charge in [0.25, 0.3) is 0 Å². The van der Waals surface area contributed by atoms with Gasteiger partial charge < -0.3 is 10.4 Å². The van der Waals surface area contributed by atoms with Gasteiger partial charge in [-0.3, -0.25) is 9.59 Å². The first kappa shape index (κ1) is 11.4. The lowest BCUT2D eigenvalue weighted by Gasteiger charge is -2.22. The van der Waals surface area contributed by atoms with Gasteiger partial charge in [-0.25, -0.2) is 0 Å². The summed E-state index contributed by atoms with van der Waals surface area (Å²) in [6.45, 7) is 3.35. The van der Waals surface area contributed by atoms with Gasteiger partial charge >= 0.3 is 5.97 Å². The van der Waals surface area contributed by atoms with Crippen molar-refractivity contribution >= 4 is 23.6 Å². The van der Waals surface area contributed by atoms with Crippen molar-refractivity contribution in [2.75, 3.05) is 5.75 Å². The van der Waals surface area contributed by atoms with Crippen LogP contribution in [0.2, 0.25) is 0 Å². The lowest BCUT2D eigenvalue weighted by molar-refractivity contribution is -0.141. The predicted octanol–water partition coefficient (Wildman–Crippen LogP) is 0.861. The summed E-state index contributed by atoms with van der Waals surface area (Å²) in [6.07, 6.45) is 1.85. The van der Waals surface area contributed by atoms with E-state index in [1.54, 1.807) is 11.8 Å². The molecule has 1 unspecified atom stereocenters. The molecule has 1 saturated heterocycles. The molecule has 1 fully saturated rings. The van der Waals surface area contributed by atoms with Crippen molar-refractivity contribution in [3.8, 4) is 0 Å². The number of carboxylic acids is 1. The van der Waals surface area contributed by atoms with Gasteiger partial charge in [-0.2, -0.15) is 0 Å². The Labute approximate surface area is 87.4 Å². The number of carbonyl (C=O) groups is 2. The Bertz CT molecular complexity index is 248. The second-order valence-corrected chi connectivity index (χ2v) is 5.31. The molecule has 1 aliphatic heterocycles. The highest BCUT2D eigenvalue weighted by Crippen LogP contribution is 2.37. The molecule has 0 aromatic heterocycles. The van der Waals surface area contributed by atoms with E-state index in [2.05, 4.69) is 5.32 Å². The maximum Gasteiger partial charge on any atom is 0.325 e. The largest absolute Gasteiger partial charge is 0.480 e. The molecule has 0 spiro atoms. The maximum absolute atomic E-state index is 11.7. The van der Waals surface area contributed by atoms with Crippen LogP contribution in [-0.2, 0) is 9.59 Å². The normalized spacial score (nSPS) is 28.4. The quantitative estimate of drug-likeness (QED) is 0.736. The van der Waals surface area contributed by atoms with E-state index >= 15 is 0 Å². The Balaban J connectivity index is 2.53. The number of rotatable bonds is 3. The van der Waals surface area contributed by atoms with Crippen molar-refractivity contribution in [1.29, 1.82) is 0 Å². The first-order chi connectivity index (χ1) is 6.46. The maximum atomic E-state index is 11.7. The summed E-state index contributed by atoms with van der Waals surface area (Å²) in [5.74, 6) is -0.175. The summed E-state index contributed by atoms with van der Waals surface area (Å²) in [5.41, 5.74) is 0. The third-order valence-corrected chi connectivity index (χ3v) is 3.94. The SMILES string of the molecule is C[C@@H](NC(=O)C1(C)CCCS1)C(=O)O. The van der Waals surface area contributed by atoms with Crippen molar-refractivity contribution in [1.82, 2.24) is 5.32 Å². The number of hydrogen-bond donors (Lipinski definition) is 2. The standard InChI is InChI=1S/C9H15NO3S/c1-6(7(11)12)10-8(13)9(2)4-3-5-14-9/h6H,3-5H2,1-2H3,(H,10,13)(H,11,12)/t6-,9?/m1/s1. The molecule has 0 aromatic carbocycles. The molecule has 1 aliphatic rings. The fourth-order valence-electron chi connectivity index (χ4n) is 1.37. The van der Waals surface area contributed by atoms with E-state index in [0.717, 1.165) is 18.6 Å². The predicted molar refractivity (Wildman–Crippen MR) is 55.3 cm³/mol. The molecule has 2 N–H and O–H groups in total. The van der Waals surface area contributed by atoms with Crippen LogP contribution in [0.15, 0.2) is 0 Å². The van der Waals surface area contributed by atoms with E-state index in [4.69, 9.17) is 5.11 Å². The molecule has 1 heterocycles. The van der Waals surface area contributed by atoms with Crippen LogP contribution in [0.4, 0.5) is 0 Å². The number of aliphatic carboxylic acids is 1. The smallest absolute Gasteiger partial charge is 0.325 e. The molecule has 80 valence electrons. The van der Waals surface area contributed by atoms with Crippen LogP contribution < -0.4 is 5.32 Å². The molecular weight excluding hydrogens is 202 g/mol. The molecule has 1 amide bonds. The van der Waals surface area contributed by atoms with Crippen molar-refractivity contribution < 1.29 is 14.7 Å². The average Bonchev–Trinajstić information content (AvgIpc) is 2.53. The number of amides is 1. The molecule has 5 heteroatoms. The average molecular weight is 217 g/mol. The van der Waals surface area contributed by atoms with Gasteiger partial charge in [-0.1, -0.05) is 0 Å². The first-order valence-corrected chi connectivity index (χ1v) is 5.62. The van der Waals surface area contributed by atoms with Crippen LogP contribution in [0.5, 0.6) is 0 Å². The Kier molecular flexibility index (Phi) is 3.42. The molecule has 0 radical (unpaired) electrons. The highest BCUT2D eigenvalue weighted by molar-refractivity contribution is 8.01. The van der Waals surface area contributed by atoms with Crippen LogP contribution >= 0.6 is 11.8 Å².